The van der Waals surface area contributed by atoms with Gasteiger partial charge in [0.2, 0.25) is 0 Å². The largest absolute Gasteiger partial charge is 0.490 e. The Bertz CT molecular complexity index is 1500. The molecule has 1 fully saturated rings. The van der Waals surface area contributed by atoms with Crippen molar-refractivity contribution in [3.8, 4) is 16.9 Å². The van der Waals surface area contributed by atoms with E-state index in [-0.39, 0.29) is 18.7 Å². The average molecular weight is 656 g/mol. The predicted octanol–water partition coefficient (Wildman–Crippen LogP) is 2.88. The highest BCUT2D eigenvalue weighted by Gasteiger charge is 2.38. The van der Waals surface area contributed by atoms with Crippen LogP contribution in [0.3, 0.4) is 0 Å². The van der Waals surface area contributed by atoms with Gasteiger partial charge in [0.1, 0.15) is 12.1 Å². The molecule has 20 heteroatoms. The van der Waals surface area contributed by atoms with Crippen LogP contribution in [0.4, 0.5) is 40.8 Å². The van der Waals surface area contributed by atoms with E-state index in [1.165, 1.54) is 16.6 Å². The summed E-state index contributed by atoms with van der Waals surface area (Å²) in [6.45, 7) is 3.17. The average Bonchev–Trinajstić information content (AvgIpc) is 3.35. The summed E-state index contributed by atoms with van der Waals surface area (Å²) in [4.78, 5) is 37.0. The topological polar surface area (TPSA) is 169 Å². The molecule has 1 aromatic carbocycles. The Balaban J connectivity index is 0.000000421. The Morgan fingerprint density at radius 3 is 1.91 bits per heavy atom. The molecule has 0 bridgehead atoms. The van der Waals surface area contributed by atoms with E-state index >= 15 is 0 Å². The molecule has 2 aromatic heterocycles. The lowest BCUT2D eigenvalue weighted by Crippen LogP contribution is -2.43. The molecule has 0 amide bonds. The number of nitrogens with zero attached hydrogens (tertiary/aromatic N) is 5. The van der Waals surface area contributed by atoms with Crippen LogP contribution in [0.1, 0.15) is 0 Å². The maximum Gasteiger partial charge on any atom is 0.490 e. The van der Waals surface area contributed by atoms with Crippen LogP contribution in [0.25, 0.3) is 16.9 Å². The quantitative estimate of drug-likeness (QED) is 0.290. The van der Waals surface area contributed by atoms with Gasteiger partial charge in [-0.3, -0.25) is 0 Å². The summed E-state index contributed by atoms with van der Waals surface area (Å²) < 4.78 is 91.4. The number of carboxylic acid groups (broad SMARTS) is 2. The molecule has 1 saturated heterocycles. The third-order valence-corrected chi connectivity index (χ3v) is 5.75. The molecule has 3 aromatic rings. The van der Waals surface area contributed by atoms with Crippen LogP contribution in [0, 0.1) is 0 Å². The molecular formula is C25H25F8N7O5. The normalized spacial score (nSPS) is 13.1. The van der Waals surface area contributed by atoms with Gasteiger partial charge in [-0.25, -0.2) is 28.6 Å². The van der Waals surface area contributed by atoms with Crippen molar-refractivity contribution in [3.63, 3.8) is 0 Å². The number of aliphatic carboxylic acids is 2. The fourth-order valence-corrected chi connectivity index (χ4v) is 3.50. The van der Waals surface area contributed by atoms with Crippen LogP contribution in [-0.2, 0) is 16.1 Å². The Hall–Kier alpha value is -4.85. The van der Waals surface area contributed by atoms with Crippen LogP contribution in [0.15, 0.2) is 65.4 Å². The number of halogens is 8. The molecule has 5 N–H and O–H groups in total. The van der Waals surface area contributed by atoms with Gasteiger partial charge in [0.15, 0.2) is 0 Å². The number of pyridine rings is 1. The summed E-state index contributed by atoms with van der Waals surface area (Å²) in [6, 6.07) is 11.8. The Morgan fingerprint density at radius 2 is 1.44 bits per heavy atom. The number of hydrogen-bond acceptors (Lipinski definition) is 8. The lowest BCUT2D eigenvalue weighted by atomic mass is 10.1. The van der Waals surface area contributed by atoms with Gasteiger partial charge < -0.3 is 26.2 Å². The minimum absolute atomic E-state index is 0.335. The van der Waals surface area contributed by atoms with Crippen LogP contribution < -0.4 is 21.6 Å². The molecule has 12 nitrogen and oxygen atoms in total. The first-order valence-corrected chi connectivity index (χ1v) is 12.5. The van der Waals surface area contributed by atoms with E-state index in [0.29, 0.717) is 5.82 Å². The highest BCUT2D eigenvalue weighted by atomic mass is 19.4. The number of carboxylic acids is 2. The van der Waals surface area contributed by atoms with Crippen molar-refractivity contribution in [2.24, 2.45) is 5.73 Å². The van der Waals surface area contributed by atoms with Gasteiger partial charge in [-0.1, -0.05) is 12.1 Å². The zero-order valence-corrected chi connectivity index (χ0v) is 22.8. The van der Waals surface area contributed by atoms with Crippen molar-refractivity contribution in [2.45, 2.75) is 18.9 Å². The predicted molar refractivity (Wildman–Crippen MR) is 142 cm³/mol. The van der Waals surface area contributed by atoms with Crippen molar-refractivity contribution >= 4 is 17.6 Å². The summed E-state index contributed by atoms with van der Waals surface area (Å²) in [5.41, 5.74) is 7.46. The fraction of sp³-hybridized carbons (Fsp3) is 0.320. The smallest absolute Gasteiger partial charge is 0.475 e. The third kappa shape index (κ3) is 11.0. The summed E-state index contributed by atoms with van der Waals surface area (Å²) in [5.74, 6) is -5.15. The fourth-order valence-electron chi connectivity index (χ4n) is 3.50. The number of anilines is 1. The standard InChI is InChI=1S/C21H23F2N7O.2C2HF3O2/c22-20(23)17(12-24)13-30-21(31)29(14-27-30)19-11-16(5-6-26-19)15-1-3-18(4-2-15)28-9-7-25-8-10-28;2*3-2(4,5)1(6)7/h1-6,11,14,25H,7-10,12-13,24H2;2*(H,6,7). The number of nitrogens with two attached hydrogens (primary N) is 1. The molecule has 0 radical (unpaired) electrons. The molecule has 0 saturated carbocycles. The molecule has 0 unspecified atom stereocenters. The SMILES string of the molecule is NCC(Cn1ncn(-c2cc(-c3ccc(N4CCNCC4)cc3)ccn2)c1=O)=C(F)F.O=C(O)C(F)(F)F.O=C(O)C(F)(F)F. The van der Waals surface area contributed by atoms with E-state index in [2.05, 4.69) is 32.4 Å². The molecule has 246 valence electrons. The summed E-state index contributed by atoms with van der Waals surface area (Å²) >= 11 is 0. The van der Waals surface area contributed by atoms with E-state index in [0.717, 1.165) is 42.0 Å². The van der Waals surface area contributed by atoms with Gasteiger partial charge in [0, 0.05) is 50.2 Å². The summed E-state index contributed by atoms with van der Waals surface area (Å²) in [7, 11) is 0. The van der Waals surface area contributed by atoms with Crippen molar-refractivity contribution < 1.29 is 54.9 Å². The Morgan fingerprint density at radius 1 is 0.911 bits per heavy atom. The van der Waals surface area contributed by atoms with E-state index in [9.17, 15) is 39.9 Å². The van der Waals surface area contributed by atoms with Gasteiger partial charge in [-0.2, -0.15) is 40.2 Å². The minimum Gasteiger partial charge on any atom is -0.475 e. The maximum atomic E-state index is 12.9. The monoisotopic (exact) mass is 655 g/mol. The molecule has 1 aliphatic heterocycles. The van der Waals surface area contributed by atoms with Gasteiger partial charge in [0.05, 0.1) is 6.54 Å². The number of hydrogen-bond donors (Lipinski definition) is 4. The number of benzene rings is 1. The van der Waals surface area contributed by atoms with E-state index in [4.69, 9.17) is 25.5 Å². The van der Waals surface area contributed by atoms with Crippen LogP contribution >= 0.6 is 0 Å². The Kier molecular flexibility index (Phi) is 12.7. The molecule has 0 atom stereocenters. The molecule has 1 aliphatic rings. The summed E-state index contributed by atoms with van der Waals surface area (Å²) in [6.07, 6.45) is -9.19. The highest BCUT2D eigenvalue weighted by Crippen LogP contribution is 2.24. The second-order valence-corrected chi connectivity index (χ2v) is 8.80. The van der Waals surface area contributed by atoms with Crippen molar-refractivity contribution in [3.05, 3.63) is 71.1 Å². The van der Waals surface area contributed by atoms with Gasteiger partial charge in [-0.15, -0.1) is 0 Å². The molecule has 4 rings (SSSR count). The number of carbonyl (C=O) groups is 2. The molecular weight excluding hydrogens is 630 g/mol. The first kappa shape index (κ1) is 36.3. The van der Waals surface area contributed by atoms with Gasteiger partial charge in [0.25, 0.3) is 6.08 Å². The third-order valence-electron chi connectivity index (χ3n) is 5.75. The second-order valence-electron chi connectivity index (χ2n) is 8.80. The van der Waals surface area contributed by atoms with E-state index in [1.54, 1.807) is 12.3 Å². The summed E-state index contributed by atoms with van der Waals surface area (Å²) in [5, 5.41) is 21.5. The molecule has 3 heterocycles. The first-order valence-electron chi connectivity index (χ1n) is 12.5. The van der Waals surface area contributed by atoms with Crippen molar-refractivity contribution in [2.75, 3.05) is 37.6 Å². The zero-order valence-electron chi connectivity index (χ0n) is 22.8. The van der Waals surface area contributed by atoms with Crippen LogP contribution in [0.2, 0.25) is 0 Å². The lowest BCUT2D eigenvalue weighted by Gasteiger charge is -2.29. The maximum absolute atomic E-state index is 12.9. The number of rotatable bonds is 6. The molecule has 45 heavy (non-hydrogen) atoms. The van der Waals surface area contributed by atoms with E-state index in [1.807, 2.05) is 18.2 Å². The lowest BCUT2D eigenvalue weighted by molar-refractivity contribution is -0.193. The zero-order chi connectivity index (χ0) is 33.9. The second kappa shape index (κ2) is 15.7. The number of piperazine rings is 1. The van der Waals surface area contributed by atoms with Gasteiger partial charge in [-0.05, 0) is 35.4 Å². The number of alkyl halides is 6. The minimum atomic E-state index is -5.08. The molecule has 0 aliphatic carbocycles. The highest BCUT2D eigenvalue weighted by molar-refractivity contribution is 5.73. The number of nitrogens with one attached hydrogen (secondary N) is 1. The van der Waals surface area contributed by atoms with Crippen molar-refractivity contribution in [1.29, 1.82) is 0 Å². The van der Waals surface area contributed by atoms with Crippen molar-refractivity contribution in [1.82, 2.24) is 24.6 Å². The first-order chi connectivity index (χ1) is 20.9. The van der Waals surface area contributed by atoms with E-state index < -0.39 is 36.1 Å². The Labute approximate surface area is 248 Å². The van der Waals surface area contributed by atoms with Crippen LogP contribution in [0.5, 0.6) is 0 Å². The van der Waals surface area contributed by atoms with Crippen LogP contribution in [-0.4, -0.2) is 86.6 Å². The molecule has 0 spiro atoms. The number of aromatic nitrogens is 4. The van der Waals surface area contributed by atoms with Gasteiger partial charge >= 0.3 is 30.0 Å².